The van der Waals surface area contributed by atoms with Crippen molar-refractivity contribution in [1.82, 2.24) is 14.9 Å². The molecule has 6 heteroatoms. The summed E-state index contributed by atoms with van der Waals surface area (Å²) in [7, 11) is 0. The number of fused-ring (bicyclic) bond motifs is 1. The van der Waals surface area contributed by atoms with E-state index in [1.54, 1.807) is 11.3 Å². The van der Waals surface area contributed by atoms with Crippen LogP contribution < -0.4 is 5.32 Å². The molecule has 1 atom stereocenters. The Bertz CT molecular complexity index is 610. The first-order chi connectivity index (χ1) is 9.29. The summed E-state index contributed by atoms with van der Waals surface area (Å²) in [6.07, 6.45) is 3.94. The Labute approximate surface area is 120 Å². The standard InChI is InChI=1S/C13H15ClN4S/c14-13-16-11(10-4-6-19-12(10)17-13)15-8-3-5-18(7-8)9-1-2-9/h4,6,8-9H,1-3,5,7H2,(H,15,16,17). The average molecular weight is 295 g/mol. The van der Waals surface area contributed by atoms with Crippen LogP contribution in [0.3, 0.4) is 0 Å². The molecule has 1 aliphatic carbocycles. The third-order valence-electron chi connectivity index (χ3n) is 3.92. The second-order valence-corrected chi connectivity index (χ2v) is 6.57. The minimum Gasteiger partial charge on any atom is -0.365 e. The minimum atomic E-state index is 0.328. The van der Waals surface area contributed by atoms with Gasteiger partial charge in [0, 0.05) is 25.2 Å². The van der Waals surface area contributed by atoms with E-state index in [4.69, 9.17) is 11.6 Å². The summed E-state index contributed by atoms with van der Waals surface area (Å²) < 4.78 is 0. The highest BCUT2D eigenvalue weighted by Crippen LogP contribution is 2.32. The quantitative estimate of drug-likeness (QED) is 0.884. The van der Waals surface area contributed by atoms with Crippen molar-refractivity contribution >= 4 is 39.0 Å². The molecule has 4 rings (SSSR count). The fraction of sp³-hybridized carbons (Fsp3) is 0.538. The molecule has 0 radical (unpaired) electrons. The molecule has 0 spiro atoms. The molecule has 2 aliphatic rings. The van der Waals surface area contributed by atoms with Crippen LogP contribution >= 0.6 is 22.9 Å². The highest BCUT2D eigenvalue weighted by molar-refractivity contribution is 7.16. The number of hydrogen-bond acceptors (Lipinski definition) is 5. The van der Waals surface area contributed by atoms with Crippen molar-refractivity contribution in [1.29, 1.82) is 0 Å². The first kappa shape index (κ1) is 11.9. The van der Waals surface area contributed by atoms with Crippen LogP contribution in [0.1, 0.15) is 19.3 Å². The lowest BCUT2D eigenvalue weighted by Crippen LogP contribution is -2.28. The van der Waals surface area contributed by atoms with Crippen LogP contribution in [-0.4, -0.2) is 40.0 Å². The SMILES string of the molecule is Clc1nc(NC2CCN(C3CC3)C2)c2ccsc2n1. The Morgan fingerprint density at radius 1 is 1.32 bits per heavy atom. The van der Waals surface area contributed by atoms with Crippen molar-refractivity contribution in [3.8, 4) is 0 Å². The summed E-state index contributed by atoms with van der Waals surface area (Å²) in [4.78, 5) is 12.1. The first-order valence-electron chi connectivity index (χ1n) is 6.71. The molecule has 19 heavy (non-hydrogen) atoms. The summed E-state index contributed by atoms with van der Waals surface area (Å²) in [5, 5.41) is 7.00. The van der Waals surface area contributed by atoms with Gasteiger partial charge < -0.3 is 5.32 Å². The maximum Gasteiger partial charge on any atom is 0.225 e. The van der Waals surface area contributed by atoms with E-state index in [9.17, 15) is 0 Å². The number of hydrogen-bond donors (Lipinski definition) is 1. The van der Waals surface area contributed by atoms with E-state index in [1.165, 1.54) is 25.8 Å². The zero-order valence-corrected chi connectivity index (χ0v) is 12.0. The predicted molar refractivity (Wildman–Crippen MR) is 79.0 cm³/mol. The highest BCUT2D eigenvalue weighted by Gasteiger charge is 2.34. The molecule has 100 valence electrons. The van der Waals surface area contributed by atoms with Crippen LogP contribution in [0, 0.1) is 0 Å². The van der Waals surface area contributed by atoms with Crippen LogP contribution in [0.15, 0.2) is 11.4 Å². The van der Waals surface area contributed by atoms with Gasteiger partial charge in [-0.2, -0.15) is 0 Å². The van der Waals surface area contributed by atoms with Gasteiger partial charge in [-0.15, -0.1) is 11.3 Å². The van der Waals surface area contributed by atoms with E-state index in [0.717, 1.165) is 28.6 Å². The van der Waals surface area contributed by atoms with Gasteiger partial charge in [-0.1, -0.05) is 0 Å². The molecule has 1 aliphatic heterocycles. The summed E-state index contributed by atoms with van der Waals surface area (Å²) in [5.41, 5.74) is 0. The van der Waals surface area contributed by atoms with Crippen LogP contribution in [-0.2, 0) is 0 Å². The molecule has 2 aromatic heterocycles. The molecule has 1 N–H and O–H groups in total. The molecule has 0 amide bonds. The zero-order chi connectivity index (χ0) is 12.8. The van der Waals surface area contributed by atoms with Gasteiger partial charge in [0.25, 0.3) is 0 Å². The summed E-state index contributed by atoms with van der Waals surface area (Å²) >= 11 is 7.59. The monoisotopic (exact) mass is 294 g/mol. The van der Waals surface area contributed by atoms with Crippen molar-refractivity contribution in [2.75, 3.05) is 18.4 Å². The Balaban J connectivity index is 1.56. The number of halogens is 1. The van der Waals surface area contributed by atoms with E-state index in [0.29, 0.717) is 11.3 Å². The lowest BCUT2D eigenvalue weighted by atomic mass is 10.2. The van der Waals surface area contributed by atoms with E-state index >= 15 is 0 Å². The van der Waals surface area contributed by atoms with Gasteiger partial charge in [-0.25, -0.2) is 9.97 Å². The van der Waals surface area contributed by atoms with Gasteiger partial charge >= 0.3 is 0 Å². The molecule has 1 unspecified atom stereocenters. The molecule has 4 nitrogen and oxygen atoms in total. The van der Waals surface area contributed by atoms with Crippen molar-refractivity contribution in [2.45, 2.75) is 31.3 Å². The van der Waals surface area contributed by atoms with E-state index in [2.05, 4.69) is 26.3 Å². The Hall–Kier alpha value is -0.910. The topological polar surface area (TPSA) is 41.1 Å². The van der Waals surface area contributed by atoms with Crippen LogP contribution in [0.5, 0.6) is 0 Å². The van der Waals surface area contributed by atoms with E-state index in [-0.39, 0.29) is 0 Å². The fourth-order valence-corrected chi connectivity index (χ4v) is 3.79. The number of anilines is 1. The van der Waals surface area contributed by atoms with Crippen LogP contribution in [0.2, 0.25) is 5.28 Å². The third-order valence-corrected chi connectivity index (χ3v) is 4.90. The maximum absolute atomic E-state index is 5.99. The van der Waals surface area contributed by atoms with Crippen molar-refractivity contribution < 1.29 is 0 Å². The molecular weight excluding hydrogens is 280 g/mol. The molecule has 1 saturated heterocycles. The van der Waals surface area contributed by atoms with E-state index < -0.39 is 0 Å². The third kappa shape index (κ3) is 2.30. The van der Waals surface area contributed by atoms with Crippen molar-refractivity contribution in [2.24, 2.45) is 0 Å². The lowest BCUT2D eigenvalue weighted by molar-refractivity contribution is 0.326. The molecule has 2 fully saturated rings. The summed E-state index contributed by atoms with van der Waals surface area (Å²) in [6, 6.07) is 3.39. The summed E-state index contributed by atoms with van der Waals surface area (Å²) in [6.45, 7) is 2.33. The van der Waals surface area contributed by atoms with Crippen LogP contribution in [0.25, 0.3) is 10.2 Å². The molecule has 2 aromatic rings. The average Bonchev–Trinajstić information content (AvgIpc) is 2.95. The highest BCUT2D eigenvalue weighted by atomic mass is 35.5. The van der Waals surface area contributed by atoms with Gasteiger partial charge in [0.05, 0.1) is 5.39 Å². The normalized spacial score (nSPS) is 24.2. The molecule has 0 aromatic carbocycles. The van der Waals surface area contributed by atoms with Gasteiger partial charge in [0.15, 0.2) is 0 Å². The lowest BCUT2D eigenvalue weighted by Gasteiger charge is -2.16. The van der Waals surface area contributed by atoms with Gasteiger partial charge in [0.1, 0.15) is 10.6 Å². The van der Waals surface area contributed by atoms with Gasteiger partial charge in [-0.3, -0.25) is 4.90 Å². The molecule has 3 heterocycles. The number of aromatic nitrogens is 2. The fourth-order valence-electron chi connectivity index (χ4n) is 2.81. The zero-order valence-electron chi connectivity index (χ0n) is 10.5. The second-order valence-electron chi connectivity index (χ2n) is 5.34. The molecular formula is C13H15ClN4S. The smallest absolute Gasteiger partial charge is 0.225 e. The minimum absolute atomic E-state index is 0.328. The molecule has 0 bridgehead atoms. The Morgan fingerprint density at radius 3 is 3.05 bits per heavy atom. The maximum atomic E-state index is 5.99. The van der Waals surface area contributed by atoms with Crippen LogP contribution in [0.4, 0.5) is 5.82 Å². The number of likely N-dealkylation sites (tertiary alicyclic amines) is 1. The number of nitrogens with zero attached hydrogens (tertiary/aromatic N) is 3. The van der Waals surface area contributed by atoms with Crippen molar-refractivity contribution in [3.05, 3.63) is 16.7 Å². The largest absolute Gasteiger partial charge is 0.365 e. The number of thiophene rings is 1. The van der Waals surface area contributed by atoms with Gasteiger partial charge in [0.2, 0.25) is 5.28 Å². The van der Waals surface area contributed by atoms with Crippen molar-refractivity contribution in [3.63, 3.8) is 0 Å². The Morgan fingerprint density at radius 2 is 2.21 bits per heavy atom. The van der Waals surface area contributed by atoms with E-state index in [1.807, 2.05) is 5.38 Å². The number of nitrogens with one attached hydrogen (secondary N) is 1. The van der Waals surface area contributed by atoms with Gasteiger partial charge in [-0.05, 0) is 42.3 Å². The predicted octanol–water partition coefficient (Wildman–Crippen LogP) is 2.99. The Kier molecular flexibility index (Phi) is 2.86. The molecule has 1 saturated carbocycles. The summed E-state index contributed by atoms with van der Waals surface area (Å²) in [5.74, 6) is 0.888. The number of rotatable bonds is 3. The second kappa shape index (κ2) is 4.58. The first-order valence-corrected chi connectivity index (χ1v) is 7.97.